The van der Waals surface area contributed by atoms with Gasteiger partial charge in [-0.25, -0.2) is 0 Å². The van der Waals surface area contributed by atoms with Gasteiger partial charge in [-0.05, 0) is 0 Å². The first-order valence-electron chi connectivity index (χ1n) is 17.4. The van der Waals surface area contributed by atoms with Gasteiger partial charge in [0.25, 0.3) is 5.56 Å². The molecular weight excluding hydrogens is 850 g/mol. The molecule has 316 valence electrons. The van der Waals surface area contributed by atoms with Crippen molar-refractivity contribution in [2.45, 2.75) is 62.1 Å². The number of ether oxygens (including phenoxy) is 2. The van der Waals surface area contributed by atoms with Gasteiger partial charge < -0.3 is 0 Å². The molecule has 1 amide bonds. The molecule has 2 saturated heterocycles. The second-order valence-corrected chi connectivity index (χ2v) is 17.1. The van der Waals surface area contributed by atoms with Crippen molar-refractivity contribution in [3.63, 3.8) is 0 Å². The number of nitriles is 2. The molecule has 5 N–H and O–H groups in total. The minimum absolute atomic E-state index is 0.0179. The number of nitrogens with one attached hydrogen (secondary N) is 2. The number of imidazole rings is 1. The van der Waals surface area contributed by atoms with Gasteiger partial charge in [0.15, 0.2) is 0 Å². The van der Waals surface area contributed by atoms with Gasteiger partial charge in [-0.1, -0.05) is 18.2 Å². The maximum absolute atomic E-state index is 16.6. The number of alkyl halides is 2. The predicted molar refractivity (Wildman–Crippen MR) is 201 cm³/mol. The fourth-order valence-electron chi connectivity index (χ4n) is 5.95. The van der Waals surface area contributed by atoms with E-state index in [2.05, 4.69) is 20.3 Å². The fraction of sp³-hybridized carbons (Fsp3) is 0.438. The van der Waals surface area contributed by atoms with Crippen molar-refractivity contribution >= 4 is 49.6 Å². The number of halogens is 2. The Hall–Kier alpha value is -4.56. The second-order valence-electron chi connectivity index (χ2n) is 12.5. The van der Waals surface area contributed by atoms with E-state index >= 15 is 8.78 Å². The van der Waals surface area contributed by atoms with Crippen LogP contribution in [0.25, 0.3) is 11.2 Å². The Bertz CT molecular complexity index is 2370. The molecule has 0 saturated carbocycles. The van der Waals surface area contributed by atoms with Crippen LogP contribution in [0.2, 0.25) is 0 Å². The van der Waals surface area contributed by atoms with Gasteiger partial charge in [0.05, 0.1) is 0 Å². The van der Waals surface area contributed by atoms with Crippen LogP contribution in [0, 0.1) is 22.7 Å². The minimum atomic E-state index is -5.21. The van der Waals surface area contributed by atoms with E-state index in [1.165, 1.54) is 0 Å². The number of benzene rings is 1. The van der Waals surface area contributed by atoms with E-state index in [9.17, 15) is 29.3 Å². The monoisotopic (exact) mass is 885 g/mol. The molecule has 2 aliphatic rings. The predicted octanol–water partition coefficient (Wildman–Crippen LogP) is 1.36. The molecule has 5 heterocycles. The van der Waals surface area contributed by atoms with Crippen molar-refractivity contribution in [3.8, 4) is 12.1 Å². The molecule has 27 heteroatoms. The number of anilines is 1. The number of aromatic nitrogens is 6. The Morgan fingerprint density at radius 1 is 0.983 bits per heavy atom. The Morgan fingerprint density at radius 2 is 1.71 bits per heavy atom. The Balaban J connectivity index is 1.29. The number of amides is 1. The van der Waals surface area contributed by atoms with E-state index in [4.69, 9.17) is 54.4 Å². The Morgan fingerprint density at radius 3 is 2.42 bits per heavy atom. The third-order valence-corrected chi connectivity index (χ3v) is 12.2. The Labute approximate surface area is 336 Å². The molecular formula is C32H35F2N9O13P2S. The van der Waals surface area contributed by atoms with Gasteiger partial charge in [0.2, 0.25) is 0 Å². The summed E-state index contributed by atoms with van der Waals surface area (Å²) in [6.07, 6.45) is -12.1. The molecule has 4 aromatic rings. The first kappa shape index (κ1) is 44.0. The van der Waals surface area contributed by atoms with Crippen molar-refractivity contribution in [1.29, 1.82) is 10.5 Å². The molecule has 0 spiro atoms. The van der Waals surface area contributed by atoms with Crippen LogP contribution < -0.4 is 16.6 Å². The van der Waals surface area contributed by atoms with Crippen LogP contribution in [0.5, 0.6) is 0 Å². The summed E-state index contributed by atoms with van der Waals surface area (Å²) >= 11 is 5.58. The van der Waals surface area contributed by atoms with E-state index < -0.39 is 108 Å². The van der Waals surface area contributed by atoms with Crippen molar-refractivity contribution in [2.75, 3.05) is 31.7 Å². The maximum atomic E-state index is 16.6. The van der Waals surface area contributed by atoms with Crippen LogP contribution >= 0.6 is 14.9 Å². The zero-order chi connectivity index (χ0) is 42.3. The quantitative estimate of drug-likeness (QED) is 0.0696. The third-order valence-electron chi connectivity index (χ3n) is 8.64. The average molecular weight is 886 g/mol. The number of hydrogen-bond acceptors (Lipinski definition) is 19. The topological polar surface area (TPSA) is 300 Å². The van der Waals surface area contributed by atoms with Gasteiger partial charge in [-0.2, -0.15) is 0 Å². The summed E-state index contributed by atoms with van der Waals surface area (Å²) in [6.45, 7) is -6.93. The van der Waals surface area contributed by atoms with Crippen molar-refractivity contribution < 1.29 is 60.6 Å². The number of rotatable bonds is 18. The van der Waals surface area contributed by atoms with Gasteiger partial charge in [-0.15, -0.1) is 0 Å². The van der Waals surface area contributed by atoms with Gasteiger partial charge >= 0.3 is 309 Å². The van der Waals surface area contributed by atoms with Crippen LogP contribution in [-0.4, -0.2) is 113 Å². The molecule has 1 aromatic carbocycles. The zero-order valence-corrected chi connectivity index (χ0v) is 32.9. The first-order valence-corrected chi connectivity index (χ1v) is 21.7. The van der Waals surface area contributed by atoms with E-state index in [0.717, 1.165) is 34.1 Å². The van der Waals surface area contributed by atoms with Crippen LogP contribution in [0.3, 0.4) is 0 Å². The van der Waals surface area contributed by atoms with Crippen molar-refractivity contribution in [2.24, 2.45) is 0 Å². The number of H-pyrrole nitrogens is 1. The number of aromatic amines is 1. The van der Waals surface area contributed by atoms with Gasteiger partial charge in [0.1, 0.15) is 0 Å². The average Bonchev–Trinajstić information content (AvgIpc) is 3.87. The second kappa shape index (κ2) is 19.2. The summed E-state index contributed by atoms with van der Waals surface area (Å²) in [5, 5.41) is 30.5. The number of nitrogens with zero attached hydrogens (tertiary/aromatic N) is 7. The fourth-order valence-corrected chi connectivity index (χ4v) is 9.09. The summed E-state index contributed by atoms with van der Waals surface area (Å²) in [5.41, 5.74) is -1.52. The Kier molecular flexibility index (Phi) is 14.3. The number of fused-ring (bicyclic) bond motifs is 1. The van der Waals surface area contributed by atoms with Crippen molar-refractivity contribution in [3.05, 3.63) is 81.7 Å². The van der Waals surface area contributed by atoms with Crippen LogP contribution in [0.15, 0.2) is 64.8 Å². The van der Waals surface area contributed by atoms with E-state index in [-0.39, 0.29) is 29.8 Å². The first-order chi connectivity index (χ1) is 28.3. The van der Waals surface area contributed by atoms with Crippen LogP contribution in [0.4, 0.5) is 14.6 Å². The molecule has 6 rings (SSSR count). The number of aliphatic hydroxyl groups excluding tert-OH is 1. The van der Waals surface area contributed by atoms with E-state index in [1.54, 1.807) is 36.4 Å². The standard InChI is InChI=1S/C32H35F2N9O13P2S/c33-22-19(14-44)53-31(42-11-8-21(45)40-32(42)47)26(22)56-58(59,51-13-5-10-36)52-15-20-25(55-57(48,49)50-12-4-9-35)23(34)30(54-20)43-17-39-24-27(37-16-38-28(24)43)41-29(46)18-6-2-1-3-7-18/h1-3,6-8,11,16-17,19-20,22-23,25-26,30-31,44,48-49,57H,4-5,12-15H2,(H,40,45,47)(H,37,38,41,46)/t19-,20-,22+,23?,25?,26?,30-,31-,58?/m0/s1. The summed E-state index contributed by atoms with van der Waals surface area (Å²) in [7, 11) is -5.21. The van der Waals surface area contributed by atoms with Crippen LogP contribution in [0.1, 0.15) is 35.7 Å². The summed E-state index contributed by atoms with van der Waals surface area (Å²) in [4.78, 5) is 73.0. The molecule has 3 aromatic heterocycles. The van der Waals surface area contributed by atoms with Crippen molar-refractivity contribution in [1.82, 2.24) is 29.1 Å². The third kappa shape index (κ3) is 10.3. The summed E-state index contributed by atoms with van der Waals surface area (Å²) in [5.74, 6) is -0.566. The molecule has 2 fully saturated rings. The molecule has 22 nitrogen and oxygen atoms in total. The number of aliphatic hydroxyl groups is 1. The normalized spacial score (nSPS) is 25.6. The number of hydrogen-bond donors (Lipinski definition) is 5. The molecule has 4 unspecified atom stereocenters. The van der Waals surface area contributed by atoms with E-state index in [0.29, 0.717) is 5.56 Å². The number of carbonyl (C=O) groups excluding carboxylic acids is 1. The molecule has 2 aliphatic heterocycles. The molecule has 0 bridgehead atoms. The number of carbonyl (C=O) groups is 1. The molecule has 0 radical (unpaired) electrons. The molecule has 9 atom stereocenters. The van der Waals surface area contributed by atoms with Gasteiger partial charge in [-0.3, -0.25) is 4.79 Å². The summed E-state index contributed by atoms with van der Waals surface area (Å²) in [6, 6.07) is 12.7. The molecule has 59 heavy (non-hydrogen) atoms. The summed E-state index contributed by atoms with van der Waals surface area (Å²) < 4.78 is 73.6. The molecule has 0 aliphatic carbocycles. The van der Waals surface area contributed by atoms with Gasteiger partial charge in [0, 0.05) is 0 Å². The zero-order valence-electron chi connectivity index (χ0n) is 30.2. The van der Waals surface area contributed by atoms with E-state index in [1.807, 2.05) is 11.1 Å². The SMILES string of the molecule is N#CCCOP(=S)(OC[C@@H]1O[C@H](n2cnc3c(NC(=O)c4ccccc4)ncnc32)C(F)C1O[PH](O)(O)OCCC#N)OC1[C@H](F)[C@H](CO)O[C@@H]1n1ccc(=O)[nH]c1=O. The van der Waals surface area contributed by atoms with Crippen LogP contribution in [-0.2, 0) is 43.9 Å².